The van der Waals surface area contributed by atoms with E-state index >= 15 is 0 Å². The predicted octanol–water partition coefficient (Wildman–Crippen LogP) is 3.82. The fourth-order valence-corrected chi connectivity index (χ4v) is 3.28. The summed E-state index contributed by atoms with van der Waals surface area (Å²) in [5.74, 6) is 1.09. The van der Waals surface area contributed by atoms with Crippen LogP contribution in [0.4, 0.5) is 0 Å². The summed E-state index contributed by atoms with van der Waals surface area (Å²) in [4.78, 5) is 17.2. The molecule has 0 radical (unpaired) electrons. The van der Waals surface area contributed by atoms with Crippen LogP contribution in [0.3, 0.4) is 0 Å². The van der Waals surface area contributed by atoms with E-state index in [2.05, 4.69) is 24.1 Å². The number of rotatable bonds is 2. The highest BCUT2D eigenvalue weighted by molar-refractivity contribution is 6.00. The molecule has 2 nitrogen and oxygen atoms in total. The Kier molecular flexibility index (Phi) is 3.50. The number of hydrogen-bond acceptors (Lipinski definition) is 2. The molecule has 0 fully saturated rings. The Hall–Kier alpha value is -1.44. The van der Waals surface area contributed by atoms with Crippen LogP contribution in [-0.4, -0.2) is 10.8 Å². The van der Waals surface area contributed by atoms with Crippen molar-refractivity contribution >= 4 is 5.78 Å². The van der Waals surface area contributed by atoms with Crippen LogP contribution in [-0.2, 0) is 11.2 Å². The van der Waals surface area contributed by atoms with E-state index in [1.807, 2.05) is 12.3 Å². The van der Waals surface area contributed by atoms with Gasteiger partial charge in [-0.2, -0.15) is 0 Å². The molecule has 0 aliphatic heterocycles. The van der Waals surface area contributed by atoms with E-state index in [1.165, 1.54) is 5.56 Å². The fourth-order valence-electron chi connectivity index (χ4n) is 3.28. The number of aryl methyl sites for hydroxylation is 1. The molecule has 0 bridgehead atoms. The second-order valence-electron chi connectivity index (χ2n) is 5.97. The first kappa shape index (κ1) is 12.6. The topological polar surface area (TPSA) is 30.0 Å². The van der Waals surface area contributed by atoms with Gasteiger partial charge >= 0.3 is 0 Å². The van der Waals surface area contributed by atoms with E-state index in [4.69, 9.17) is 0 Å². The van der Waals surface area contributed by atoms with Crippen molar-refractivity contribution in [2.24, 2.45) is 5.92 Å². The minimum absolute atomic E-state index is 0.0182. The van der Waals surface area contributed by atoms with Crippen LogP contribution in [0.1, 0.15) is 56.2 Å². The molecule has 1 heterocycles. The maximum atomic E-state index is 12.7. The normalized spacial score (nSPS) is 26.5. The fraction of sp³-hybridized carbons (Fsp3) is 0.529. The molecule has 0 saturated carbocycles. The molecule has 2 unspecified atom stereocenters. The minimum Gasteiger partial charge on any atom is -0.294 e. The van der Waals surface area contributed by atoms with Crippen LogP contribution in [0, 0.1) is 5.92 Å². The average Bonchev–Trinajstić information content (AvgIpc) is 2.47. The van der Waals surface area contributed by atoms with E-state index in [9.17, 15) is 4.79 Å². The number of aromatic nitrogens is 1. The van der Waals surface area contributed by atoms with Gasteiger partial charge in [0.05, 0.1) is 11.6 Å². The van der Waals surface area contributed by atoms with E-state index in [0.29, 0.717) is 5.78 Å². The van der Waals surface area contributed by atoms with Gasteiger partial charge < -0.3 is 0 Å². The Morgan fingerprint density at radius 2 is 2.21 bits per heavy atom. The molecule has 2 heteroatoms. The Balaban J connectivity index is 1.85. The number of hydrogen-bond donors (Lipinski definition) is 0. The van der Waals surface area contributed by atoms with Crippen LogP contribution < -0.4 is 0 Å². The molecule has 0 spiro atoms. The molecule has 0 saturated heterocycles. The Morgan fingerprint density at radius 3 is 3.00 bits per heavy atom. The lowest BCUT2D eigenvalue weighted by atomic mass is 9.79. The number of allylic oxidation sites excluding steroid dienone is 2. The SMILES string of the molecule is CC1CC=C(C(=O)C2CCCc3cccnc32)CC1. The lowest BCUT2D eigenvalue weighted by Crippen LogP contribution is -2.22. The molecular weight excluding hydrogens is 234 g/mol. The molecule has 0 aromatic carbocycles. The molecule has 1 aromatic rings. The number of carbonyl (C=O) groups is 1. The maximum Gasteiger partial charge on any atom is 0.167 e. The van der Waals surface area contributed by atoms with Gasteiger partial charge in [-0.15, -0.1) is 0 Å². The van der Waals surface area contributed by atoms with E-state index in [1.54, 1.807) is 0 Å². The number of Topliss-reactive ketones (excluding diaryl/α,β-unsaturated/α-hetero) is 1. The van der Waals surface area contributed by atoms with Gasteiger partial charge in [-0.05, 0) is 61.6 Å². The van der Waals surface area contributed by atoms with Gasteiger partial charge in [0.15, 0.2) is 5.78 Å². The second kappa shape index (κ2) is 5.28. The summed E-state index contributed by atoms with van der Waals surface area (Å²) in [5.41, 5.74) is 3.37. The average molecular weight is 255 g/mol. The van der Waals surface area contributed by atoms with E-state index in [-0.39, 0.29) is 5.92 Å². The zero-order chi connectivity index (χ0) is 13.2. The van der Waals surface area contributed by atoms with Crippen molar-refractivity contribution in [2.75, 3.05) is 0 Å². The summed E-state index contributed by atoms with van der Waals surface area (Å²) in [7, 11) is 0. The predicted molar refractivity (Wildman–Crippen MR) is 76.0 cm³/mol. The number of fused-ring (bicyclic) bond motifs is 1. The van der Waals surface area contributed by atoms with Gasteiger partial charge in [-0.1, -0.05) is 19.1 Å². The highest BCUT2D eigenvalue weighted by Gasteiger charge is 2.30. The smallest absolute Gasteiger partial charge is 0.167 e. The minimum atomic E-state index is 0.0182. The first-order chi connectivity index (χ1) is 9.25. The summed E-state index contributed by atoms with van der Waals surface area (Å²) < 4.78 is 0. The van der Waals surface area contributed by atoms with Crippen LogP contribution in [0.15, 0.2) is 30.0 Å². The third-order valence-electron chi connectivity index (χ3n) is 4.50. The van der Waals surface area contributed by atoms with Crippen molar-refractivity contribution < 1.29 is 4.79 Å². The third-order valence-corrected chi connectivity index (χ3v) is 4.50. The molecule has 2 aliphatic carbocycles. The van der Waals surface area contributed by atoms with Crippen LogP contribution in [0.5, 0.6) is 0 Å². The Morgan fingerprint density at radius 1 is 1.32 bits per heavy atom. The zero-order valence-corrected chi connectivity index (χ0v) is 11.6. The van der Waals surface area contributed by atoms with Gasteiger partial charge in [-0.3, -0.25) is 9.78 Å². The third kappa shape index (κ3) is 2.49. The molecule has 2 atom stereocenters. The molecule has 2 aliphatic rings. The van der Waals surface area contributed by atoms with Crippen LogP contribution in [0.2, 0.25) is 0 Å². The van der Waals surface area contributed by atoms with E-state index < -0.39 is 0 Å². The number of nitrogens with zero attached hydrogens (tertiary/aromatic N) is 1. The number of ketones is 1. The van der Waals surface area contributed by atoms with Gasteiger partial charge in [0.25, 0.3) is 0 Å². The van der Waals surface area contributed by atoms with Gasteiger partial charge in [0.1, 0.15) is 0 Å². The lowest BCUT2D eigenvalue weighted by molar-refractivity contribution is -0.117. The number of pyridine rings is 1. The Bertz CT molecular complexity index is 518. The molecule has 100 valence electrons. The first-order valence-electron chi connectivity index (χ1n) is 7.42. The summed E-state index contributed by atoms with van der Waals surface area (Å²) in [6.07, 6.45) is 10.3. The highest BCUT2D eigenvalue weighted by atomic mass is 16.1. The van der Waals surface area contributed by atoms with Crippen LogP contribution >= 0.6 is 0 Å². The second-order valence-corrected chi connectivity index (χ2v) is 5.97. The van der Waals surface area contributed by atoms with Gasteiger partial charge in [0, 0.05) is 6.20 Å². The van der Waals surface area contributed by atoms with Crippen molar-refractivity contribution in [3.63, 3.8) is 0 Å². The van der Waals surface area contributed by atoms with Crippen molar-refractivity contribution in [1.29, 1.82) is 0 Å². The van der Waals surface area contributed by atoms with Gasteiger partial charge in [-0.25, -0.2) is 0 Å². The number of carbonyl (C=O) groups excluding carboxylic acids is 1. The Labute approximate surface area is 114 Å². The highest BCUT2D eigenvalue weighted by Crippen LogP contribution is 2.35. The van der Waals surface area contributed by atoms with Crippen molar-refractivity contribution in [2.45, 2.75) is 51.4 Å². The maximum absolute atomic E-state index is 12.7. The van der Waals surface area contributed by atoms with Crippen molar-refractivity contribution in [3.05, 3.63) is 41.2 Å². The summed E-state index contributed by atoms with van der Waals surface area (Å²) in [6, 6.07) is 4.10. The van der Waals surface area contributed by atoms with Crippen molar-refractivity contribution in [1.82, 2.24) is 4.98 Å². The molecular formula is C17H21NO. The monoisotopic (exact) mass is 255 g/mol. The molecule has 0 N–H and O–H groups in total. The quantitative estimate of drug-likeness (QED) is 0.804. The molecule has 19 heavy (non-hydrogen) atoms. The van der Waals surface area contributed by atoms with E-state index in [0.717, 1.165) is 55.7 Å². The van der Waals surface area contributed by atoms with Crippen molar-refractivity contribution in [3.8, 4) is 0 Å². The zero-order valence-electron chi connectivity index (χ0n) is 11.6. The summed E-state index contributed by atoms with van der Waals surface area (Å²) in [5, 5.41) is 0. The first-order valence-corrected chi connectivity index (χ1v) is 7.42. The summed E-state index contributed by atoms with van der Waals surface area (Å²) in [6.45, 7) is 2.26. The molecule has 0 amide bonds. The largest absolute Gasteiger partial charge is 0.294 e. The van der Waals surface area contributed by atoms with Crippen LogP contribution in [0.25, 0.3) is 0 Å². The molecule has 1 aromatic heterocycles. The summed E-state index contributed by atoms with van der Waals surface area (Å²) >= 11 is 0. The van der Waals surface area contributed by atoms with Gasteiger partial charge in [0.2, 0.25) is 0 Å². The lowest BCUT2D eigenvalue weighted by Gasteiger charge is -2.26. The standard InChI is InChI=1S/C17H21NO/c1-12-7-9-14(10-8-12)17(19)15-6-2-4-13-5-3-11-18-16(13)15/h3,5,9,11-12,15H,2,4,6-8,10H2,1H3. The molecule has 3 rings (SSSR count).